The Hall–Kier alpha value is -3.28. The number of Topliss-reactive ketones (excluding diaryl/α,β-unsaturated/α-hetero) is 1. The van der Waals surface area contributed by atoms with E-state index in [1.807, 2.05) is 36.9 Å². The fraction of sp³-hybridized carbons (Fsp3) is 0.200. The predicted octanol–water partition coefficient (Wildman–Crippen LogP) is 2.48. The molecule has 1 aromatic heterocycles. The molecule has 0 radical (unpaired) electrons. The van der Waals surface area contributed by atoms with Gasteiger partial charge >= 0.3 is 5.95 Å². The van der Waals surface area contributed by atoms with E-state index in [1.54, 1.807) is 22.8 Å². The van der Waals surface area contributed by atoms with E-state index in [4.69, 9.17) is 15.2 Å². The van der Waals surface area contributed by atoms with Gasteiger partial charge in [-0.2, -0.15) is 0 Å². The number of rotatable bonds is 4. The van der Waals surface area contributed by atoms with Crippen LogP contribution in [0.5, 0.6) is 11.5 Å². The lowest BCUT2D eigenvalue weighted by molar-refractivity contribution is -0.667. The highest BCUT2D eigenvalue weighted by Gasteiger charge is 2.22. The van der Waals surface area contributed by atoms with Gasteiger partial charge in [0, 0.05) is 11.1 Å². The molecule has 6 heteroatoms. The number of aromatic nitrogens is 2. The Labute approximate surface area is 151 Å². The summed E-state index contributed by atoms with van der Waals surface area (Å²) in [5.41, 5.74) is 10.00. The minimum absolute atomic E-state index is 0.0407. The van der Waals surface area contributed by atoms with Crippen molar-refractivity contribution in [1.82, 2.24) is 4.57 Å². The van der Waals surface area contributed by atoms with Gasteiger partial charge in [0.2, 0.25) is 6.79 Å². The molecule has 0 aliphatic carbocycles. The summed E-state index contributed by atoms with van der Waals surface area (Å²) >= 11 is 0. The first-order valence-corrected chi connectivity index (χ1v) is 8.37. The third-order valence-electron chi connectivity index (χ3n) is 4.63. The van der Waals surface area contributed by atoms with Crippen molar-refractivity contribution in [2.75, 3.05) is 12.5 Å². The molecule has 0 saturated heterocycles. The molecule has 0 unspecified atom stereocenters. The average Bonchev–Trinajstić information content (AvgIpc) is 3.22. The smallest absolute Gasteiger partial charge is 0.355 e. The number of benzene rings is 2. The number of carbonyl (C=O) groups is 1. The second-order valence-corrected chi connectivity index (χ2v) is 6.42. The van der Waals surface area contributed by atoms with E-state index in [9.17, 15) is 4.79 Å². The highest BCUT2D eigenvalue weighted by molar-refractivity contribution is 5.95. The lowest BCUT2D eigenvalue weighted by Gasteiger charge is -2.02. The first-order valence-electron chi connectivity index (χ1n) is 8.37. The van der Waals surface area contributed by atoms with E-state index in [2.05, 4.69) is 12.1 Å². The SMILES string of the molecule is Cc1ccc(-c2c[n+](CC(=O)c3ccc4c(c3)OCO4)c(N)n2C)cc1. The quantitative estimate of drug-likeness (QED) is 0.580. The van der Waals surface area contributed by atoms with Gasteiger partial charge in [-0.1, -0.05) is 29.8 Å². The van der Waals surface area contributed by atoms with Gasteiger partial charge in [0.05, 0.1) is 7.05 Å². The maximum absolute atomic E-state index is 12.7. The highest BCUT2D eigenvalue weighted by atomic mass is 16.7. The third kappa shape index (κ3) is 2.79. The van der Waals surface area contributed by atoms with E-state index in [-0.39, 0.29) is 19.1 Å². The minimum Gasteiger partial charge on any atom is -0.454 e. The topological polar surface area (TPSA) is 70.4 Å². The Balaban J connectivity index is 1.61. The average molecular weight is 350 g/mol. The Morgan fingerprint density at radius 3 is 2.65 bits per heavy atom. The number of nitrogens with two attached hydrogens (primary N) is 1. The molecule has 2 N–H and O–H groups in total. The van der Waals surface area contributed by atoms with Gasteiger partial charge in [-0.15, -0.1) is 0 Å². The van der Waals surface area contributed by atoms with Crippen LogP contribution in [0.3, 0.4) is 0 Å². The summed E-state index contributed by atoms with van der Waals surface area (Å²) in [5.74, 6) is 1.74. The molecular weight excluding hydrogens is 330 g/mol. The van der Waals surface area contributed by atoms with Crippen LogP contribution in [0.1, 0.15) is 15.9 Å². The molecule has 3 aromatic rings. The van der Waals surface area contributed by atoms with Crippen LogP contribution in [-0.2, 0) is 13.6 Å². The Morgan fingerprint density at radius 2 is 1.88 bits per heavy atom. The molecule has 0 saturated carbocycles. The number of fused-ring (bicyclic) bond motifs is 1. The molecule has 26 heavy (non-hydrogen) atoms. The fourth-order valence-electron chi connectivity index (χ4n) is 3.05. The summed E-state index contributed by atoms with van der Waals surface area (Å²) in [7, 11) is 1.89. The first-order chi connectivity index (χ1) is 12.5. The van der Waals surface area contributed by atoms with E-state index in [0.717, 1.165) is 11.3 Å². The first kappa shape index (κ1) is 16.2. The number of ketones is 1. The largest absolute Gasteiger partial charge is 0.454 e. The maximum atomic E-state index is 12.7. The number of imidazole rings is 1. The Bertz CT molecular complexity index is 990. The molecule has 0 fully saturated rings. The number of anilines is 1. The summed E-state index contributed by atoms with van der Waals surface area (Å²) in [6.45, 7) is 2.39. The van der Waals surface area contributed by atoms with E-state index < -0.39 is 0 Å². The molecule has 132 valence electrons. The Morgan fingerprint density at radius 1 is 1.15 bits per heavy atom. The van der Waals surface area contributed by atoms with Crippen LogP contribution in [0.2, 0.25) is 0 Å². The summed E-state index contributed by atoms with van der Waals surface area (Å²) in [5, 5.41) is 0. The van der Waals surface area contributed by atoms with E-state index in [1.165, 1.54) is 5.56 Å². The van der Waals surface area contributed by atoms with Crippen molar-refractivity contribution in [2.45, 2.75) is 13.5 Å². The molecule has 1 aliphatic heterocycles. The van der Waals surface area contributed by atoms with Crippen LogP contribution in [0.4, 0.5) is 5.95 Å². The van der Waals surface area contributed by atoms with Crippen molar-refractivity contribution in [3.8, 4) is 22.8 Å². The van der Waals surface area contributed by atoms with Crippen LogP contribution >= 0.6 is 0 Å². The van der Waals surface area contributed by atoms with Crippen LogP contribution in [-0.4, -0.2) is 17.1 Å². The summed E-state index contributed by atoms with van der Waals surface area (Å²) in [4.78, 5) is 12.7. The van der Waals surface area contributed by atoms with Crippen LogP contribution in [0.15, 0.2) is 48.7 Å². The van der Waals surface area contributed by atoms with Crippen molar-refractivity contribution >= 4 is 11.7 Å². The molecule has 0 bridgehead atoms. The second-order valence-electron chi connectivity index (χ2n) is 6.42. The molecule has 0 atom stereocenters. The molecular formula is C20H20N3O3+. The number of aryl methyl sites for hydroxylation is 1. The van der Waals surface area contributed by atoms with Crippen molar-refractivity contribution in [3.63, 3.8) is 0 Å². The summed E-state index contributed by atoms with van der Waals surface area (Å²) in [6, 6.07) is 13.4. The van der Waals surface area contributed by atoms with Gasteiger partial charge < -0.3 is 9.47 Å². The molecule has 0 spiro atoms. The van der Waals surface area contributed by atoms with Gasteiger partial charge in [0.1, 0.15) is 18.4 Å². The van der Waals surface area contributed by atoms with Crippen molar-refractivity contribution in [3.05, 3.63) is 59.8 Å². The second kappa shape index (κ2) is 6.22. The lowest BCUT2D eigenvalue weighted by atomic mass is 10.1. The lowest BCUT2D eigenvalue weighted by Crippen LogP contribution is -2.39. The van der Waals surface area contributed by atoms with Gasteiger partial charge in [0.15, 0.2) is 17.3 Å². The standard InChI is InChI=1S/C20H19N3O3/c1-13-3-5-14(6-4-13)16-10-23(20(21)22(16)2)11-17(24)15-7-8-18-19(9-15)26-12-25-18/h3-10,21H,11-12H2,1-2H3/p+1. The predicted molar refractivity (Wildman–Crippen MR) is 97.1 cm³/mol. The van der Waals surface area contributed by atoms with Crippen molar-refractivity contribution in [2.24, 2.45) is 7.05 Å². The third-order valence-corrected chi connectivity index (χ3v) is 4.63. The minimum atomic E-state index is -0.0407. The van der Waals surface area contributed by atoms with Gasteiger partial charge in [-0.25, -0.2) is 9.13 Å². The molecule has 2 heterocycles. The zero-order chi connectivity index (χ0) is 18.3. The molecule has 4 rings (SSSR count). The monoisotopic (exact) mass is 350 g/mol. The number of nitrogen functional groups attached to an aromatic ring is 1. The maximum Gasteiger partial charge on any atom is 0.355 e. The number of ether oxygens (including phenoxy) is 2. The summed E-state index contributed by atoms with van der Waals surface area (Å²) in [6.07, 6.45) is 1.91. The zero-order valence-electron chi connectivity index (χ0n) is 14.7. The number of nitrogens with zero attached hydrogens (tertiary/aromatic N) is 2. The zero-order valence-corrected chi connectivity index (χ0v) is 14.7. The fourth-order valence-corrected chi connectivity index (χ4v) is 3.05. The van der Waals surface area contributed by atoms with E-state index >= 15 is 0 Å². The highest BCUT2D eigenvalue weighted by Crippen LogP contribution is 2.32. The number of hydrogen-bond acceptors (Lipinski definition) is 4. The normalized spacial score (nSPS) is 12.4. The van der Waals surface area contributed by atoms with E-state index in [0.29, 0.717) is 23.0 Å². The van der Waals surface area contributed by atoms with Crippen molar-refractivity contribution in [1.29, 1.82) is 0 Å². The molecule has 6 nitrogen and oxygen atoms in total. The van der Waals surface area contributed by atoms with Gasteiger partial charge in [0.25, 0.3) is 0 Å². The molecule has 2 aromatic carbocycles. The summed E-state index contributed by atoms with van der Waals surface area (Å²) < 4.78 is 14.3. The van der Waals surface area contributed by atoms with Crippen LogP contribution in [0.25, 0.3) is 11.3 Å². The number of hydrogen-bond donors (Lipinski definition) is 1. The van der Waals surface area contributed by atoms with Crippen molar-refractivity contribution < 1.29 is 18.8 Å². The molecule has 1 aliphatic rings. The van der Waals surface area contributed by atoms with Gasteiger partial charge in [-0.3, -0.25) is 10.5 Å². The van der Waals surface area contributed by atoms with Crippen LogP contribution < -0.4 is 19.8 Å². The van der Waals surface area contributed by atoms with Gasteiger partial charge in [-0.05, 0) is 25.1 Å². The van der Waals surface area contributed by atoms with Crippen LogP contribution in [0, 0.1) is 6.92 Å². The number of carbonyl (C=O) groups excluding carboxylic acids is 1. The molecule has 0 amide bonds. The Kier molecular flexibility index (Phi) is 3.88.